The number of fused-ring (bicyclic) bond motifs is 2. The minimum Gasteiger partial charge on any atom is -0.497 e. The maximum atomic E-state index is 11.6. The molecule has 2 N–H and O–H groups in total. The number of hydrogen-bond donors (Lipinski definition) is 1. The second-order valence-electron chi connectivity index (χ2n) is 6.04. The smallest absolute Gasteiger partial charge is 0.277 e. The first kappa shape index (κ1) is 16.0. The predicted octanol–water partition coefficient (Wildman–Crippen LogP) is 2.43. The number of nitrogens with zero attached hydrogens (tertiary/aromatic N) is 2. The van der Waals surface area contributed by atoms with E-state index in [2.05, 4.69) is 4.98 Å². The molecule has 0 radical (unpaired) electrons. The van der Waals surface area contributed by atoms with Crippen LogP contribution in [0.15, 0.2) is 48.7 Å². The van der Waals surface area contributed by atoms with Gasteiger partial charge < -0.3 is 4.74 Å². The van der Waals surface area contributed by atoms with Crippen LogP contribution in [-0.4, -0.2) is 24.8 Å². The molecular formula is C18H17N3O3S. The molecule has 4 rings (SSSR count). The first-order chi connectivity index (χ1) is 12.0. The van der Waals surface area contributed by atoms with E-state index in [1.54, 1.807) is 13.3 Å². The lowest BCUT2D eigenvalue weighted by molar-refractivity contribution is 0.415. The van der Waals surface area contributed by atoms with Gasteiger partial charge in [-0.1, -0.05) is 12.1 Å². The largest absolute Gasteiger partial charge is 0.497 e. The van der Waals surface area contributed by atoms with Crippen LogP contribution >= 0.6 is 0 Å². The normalized spacial score (nSPS) is 14.6. The van der Waals surface area contributed by atoms with Crippen LogP contribution in [-0.2, 0) is 23.3 Å². The Morgan fingerprint density at radius 3 is 2.64 bits per heavy atom. The van der Waals surface area contributed by atoms with Crippen LogP contribution in [0.4, 0.5) is 0 Å². The molecule has 128 valence electrons. The zero-order chi connectivity index (χ0) is 17.6. The standard InChI is InChI=1S/C18H17N3O3S/c1-24-15-4-5-17-16(6-7-20-18(17)9-15)12-2-3-13-10-21(25(19,22)23)11-14(13)8-12/h2-9H,10-11H2,1H3,(H2,19,22,23). The summed E-state index contributed by atoms with van der Waals surface area (Å²) in [5, 5.41) is 6.27. The Morgan fingerprint density at radius 1 is 1.08 bits per heavy atom. The van der Waals surface area contributed by atoms with E-state index in [9.17, 15) is 8.42 Å². The van der Waals surface area contributed by atoms with Crippen LogP contribution in [0.2, 0.25) is 0 Å². The van der Waals surface area contributed by atoms with E-state index in [1.165, 1.54) is 4.31 Å². The lowest BCUT2D eigenvalue weighted by Gasteiger charge is -2.10. The summed E-state index contributed by atoms with van der Waals surface area (Å²) in [5.74, 6) is 0.759. The zero-order valence-corrected chi connectivity index (χ0v) is 14.5. The van der Waals surface area contributed by atoms with Gasteiger partial charge in [-0.2, -0.15) is 12.7 Å². The fraction of sp³-hybridized carbons (Fsp3) is 0.167. The Hall–Kier alpha value is -2.48. The average Bonchev–Trinajstić information content (AvgIpc) is 3.04. The fourth-order valence-corrected chi connectivity index (χ4v) is 3.86. The highest BCUT2D eigenvalue weighted by molar-refractivity contribution is 7.86. The van der Waals surface area contributed by atoms with Gasteiger partial charge in [0.1, 0.15) is 5.75 Å². The molecule has 0 unspecified atom stereocenters. The third kappa shape index (κ3) is 2.86. The summed E-state index contributed by atoms with van der Waals surface area (Å²) in [6, 6.07) is 13.7. The molecule has 6 nitrogen and oxygen atoms in total. The van der Waals surface area contributed by atoms with Crippen molar-refractivity contribution in [3.63, 3.8) is 0 Å². The molecule has 2 aromatic carbocycles. The summed E-state index contributed by atoms with van der Waals surface area (Å²) in [4.78, 5) is 4.41. The molecule has 0 bridgehead atoms. The molecule has 0 saturated carbocycles. The maximum Gasteiger partial charge on any atom is 0.277 e. The quantitative estimate of drug-likeness (QED) is 0.782. The number of ether oxygens (including phenoxy) is 1. The molecule has 1 aromatic heterocycles. The van der Waals surface area contributed by atoms with Gasteiger partial charge >= 0.3 is 0 Å². The molecule has 1 aliphatic heterocycles. The molecule has 0 aliphatic carbocycles. The topological polar surface area (TPSA) is 85.5 Å². The highest BCUT2D eigenvalue weighted by Crippen LogP contribution is 2.33. The maximum absolute atomic E-state index is 11.6. The van der Waals surface area contributed by atoms with Crippen molar-refractivity contribution in [2.75, 3.05) is 7.11 Å². The average molecular weight is 355 g/mol. The van der Waals surface area contributed by atoms with Gasteiger partial charge in [0, 0.05) is 30.7 Å². The molecule has 2 heterocycles. The SMILES string of the molecule is COc1ccc2c(-c3ccc4c(c3)CN(S(N)(=O)=O)C4)ccnc2c1. The van der Waals surface area contributed by atoms with Crippen molar-refractivity contribution in [1.29, 1.82) is 0 Å². The van der Waals surface area contributed by atoms with Crippen molar-refractivity contribution in [2.45, 2.75) is 13.1 Å². The highest BCUT2D eigenvalue weighted by Gasteiger charge is 2.26. The van der Waals surface area contributed by atoms with Crippen molar-refractivity contribution in [3.8, 4) is 16.9 Å². The second kappa shape index (κ2) is 5.80. The van der Waals surface area contributed by atoms with E-state index in [4.69, 9.17) is 9.88 Å². The molecule has 0 amide bonds. The Morgan fingerprint density at radius 2 is 1.88 bits per heavy atom. The Balaban J connectivity index is 1.79. The van der Waals surface area contributed by atoms with E-state index >= 15 is 0 Å². The van der Waals surface area contributed by atoms with Crippen molar-refractivity contribution in [1.82, 2.24) is 9.29 Å². The van der Waals surface area contributed by atoms with Gasteiger partial charge in [0.05, 0.1) is 12.6 Å². The van der Waals surface area contributed by atoms with Crippen LogP contribution < -0.4 is 9.88 Å². The predicted molar refractivity (Wildman–Crippen MR) is 96.1 cm³/mol. The fourth-order valence-electron chi connectivity index (χ4n) is 3.22. The first-order valence-corrected chi connectivity index (χ1v) is 9.29. The van der Waals surface area contributed by atoms with E-state index < -0.39 is 10.2 Å². The summed E-state index contributed by atoms with van der Waals surface area (Å²) in [7, 11) is -2.05. The minimum absolute atomic E-state index is 0.304. The van der Waals surface area contributed by atoms with E-state index in [1.807, 2.05) is 42.5 Å². The summed E-state index contributed by atoms with van der Waals surface area (Å²) in [6.07, 6.45) is 1.76. The van der Waals surface area contributed by atoms with E-state index in [-0.39, 0.29) is 0 Å². The number of pyridine rings is 1. The Kier molecular flexibility index (Phi) is 3.72. The summed E-state index contributed by atoms with van der Waals surface area (Å²) < 4.78 is 29.7. The number of rotatable bonds is 3. The van der Waals surface area contributed by atoms with Crippen LogP contribution in [0, 0.1) is 0 Å². The molecule has 0 spiro atoms. The van der Waals surface area contributed by atoms with Gasteiger partial charge in [-0.15, -0.1) is 0 Å². The minimum atomic E-state index is -3.68. The van der Waals surface area contributed by atoms with Crippen molar-refractivity contribution < 1.29 is 13.2 Å². The second-order valence-corrected chi connectivity index (χ2v) is 7.58. The summed E-state index contributed by atoms with van der Waals surface area (Å²) in [6.45, 7) is 0.627. The molecule has 1 aliphatic rings. The number of methoxy groups -OCH3 is 1. The van der Waals surface area contributed by atoms with Gasteiger partial charge in [0.25, 0.3) is 10.2 Å². The lowest BCUT2D eigenvalue weighted by atomic mass is 9.98. The van der Waals surface area contributed by atoms with Crippen LogP contribution in [0.3, 0.4) is 0 Å². The van der Waals surface area contributed by atoms with Gasteiger partial charge in [-0.05, 0) is 46.5 Å². The van der Waals surface area contributed by atoms with Crippen LogP contribution in [0.25, 0.3) is 22.0 Å². The summed E-state index contributed by atoms with van der Waals surface area (Å²) >= 11 is 0. The Labute approximate surface area is 146 Å². The molecule has 25 heavy (non-hydrogen) atoms. The number of aromatic nitrogens is 1. The van der Waals surface area contributed by atoms with Crippen molar-refractivity contribution in [3.05, 3.63) is 59.8 Å². The number of nitrogens with two attached hydrogens (primary N) is 1. The molecular weight excluding hydrogens is 338 g/mol. The van der Waals surface area contributed by atoms with Crippen LogP contribution in [0.5, 0.6) is 5.75 Å². The molecule has 7 heteroatoms. The van der Waals surface area contributed by atoms with Gasteiger partial charge in [-0.25, -0.2) is 5.14 Å². The first-order valence-electron chi connectivity index (χ1n) is 7.78. The zero-order valence-electron chi connectivity index (χ0n) is 13.6. The lowest BCUT2D eigenvalue weighted by Crippen LogP contribution is -2.32. The van der Waals surface area contributed by atoms with E-state index in [0.29, 0.717) is 13.1 Å². The highest BCUT2D eigenvalue weighted by atomic mass is 32.2. The third-order valence-corrected chi connectivity index (χ3v) is 5.50. The number of hydrogen-bond acceptors (Lipinski definition) is 4. The molecule has 0 atom stereocenters. The number of benzene rings is 2. The van der Waals surface area contributed by atoms with E-state index in [0.717, 1.165) is 38.9 Å². The Bertz CT molecular complexity index is 1080. The van der Waals surface area contributed by atoms with Gasteiger partial charge in [0.15, 0.2) is 0 Å². The van der Waals surface area contributed by atoms with Crippen LogP contribution in [0.1, 0.15) is 11.1 Å². The van der Waals surface area contributed by atoms with Gasteiger partial charge in [-0.3, -0.25) is 4.98 Å². The third-order valence-electron chi connectivity index (χ3n) is 4.52. The van der Waals surface area contributed by atoms with Gasteiger partial charge in [0.2, 0.25) is 0 Å². The molecule has 3 aromatic rings. The molecule has 0 saturated heterocycles. The van der Waals surface area contributed by atoms with Crippen molar-refractivity contribution >= 4 is 21.1 Å². The molecule has 0 fully saturated rings. The van der Waals surface area contributed by atoms with Crippen molar-refractivity contribution in [2.24, 2.45) is 5.14 Å². The monoisotopic (exact) mass is 355 g/mol. The summed E-state index contributed by atoms with van der Waals surface area (Å²) in [5.41, 5.74) is 4.88.